The van der Waals surface area contributed by atoms with Crippen LogP contribution in [0.1, 0.15) is 111 Å². The molecule has 1 aliphatic carbocycles. The molecule has 0 saturated heterocycles. The predicted octanol–water partition coefficient (Wildman–Crippen LogP) is 21.8. The summed E-state index contributed by atoms with van der Waals surface area (Å²) in [5, 5.41) is 16.6. The van der Waals surface area contributed by atoms with Crippen LogP contribution in [-0.4, -0.2) is 6.16 Å². The fourth-order valence-corrected chi connectivity index (χ4v) is 14.4. The van der Waals surface area contributed by atoms with Gasteiger partial charge in [-0.3, -0.25) is 10.3 Å². The van der Waals surface area contributed by atoms with E-state index < -0.39 is 14.9 Å². The van der Waals surface area contributed by atoms with Gasteiger partial charge in [-0.25, -0.2) is 0 Å². The Balaban J connectivity index is 0.000000233. The average molecular weight is 1090 g/mol. The SMILES string of the molecule is C1=CCCC=C1.CCCc1ccc(C(C)(C)c2ccc(C)cc2)cc1.CCP(=NP(=N)(Cc1ccccc1)Oc1ccccc1)(Oc1ccccc1)Oc1ccc(C(C)(C)c2ccc(C)cc2)cc1.N=PCc1ccccc1. The second kappa shape index (κ2) is 30.4. The van der Waals surface area contributed by atoms with Crippen LogP contribution in [0.5, 0.6) is 17.2 Å². The van der Waals surface area contributed by atoms with Crippen molar-refractivity contribution in [2.45, 2.75) is 104 Å². The third kappa shape index (κ3) is 19.0. The summed E-state index contributed by atoms with van der Waals surface area (Å²) in [6.45, 7) is 17.5. The highest BCUT2D eigenvalue weighted by Gasteiger charge is 2.32. The molecule has 8 aromatic carbocycles. The van der Waals surface area contributed by atoms with Crippen LogP contribution < -0.4 is 13.6 Å². The largest absolute Gasteiger partial charge is 0.441 e. The summed E-state index contributed by atoms with van der Waals surface area (Å²) in [6.07, 6.45) is 15.0. The second-order valence-corrected chi connectivity index (χ2v) is 26.0. The third-order valence-electron chi connectivity index (χ3n) is 13.5. The van der Waals surface area contributed by atoms with E-state index in [1.165, 1.54) is 70.2 Å². The number of hydrogen-bond acceptors (Lipinski definition) is 5. The van der Waals surface area contributed by atoms with Gasteiger partial charge in [0.2, 0.25) is 0 Å². The van der Waals surface area contributed by atoms with E-state index in [-0.39, 0.29) is 10.8 Å². The predicted molar refractivity (Wildman–Crippen MR) is 335 cm³/mol. The van der Waals surface area contributed by atoms with Crippen molar-refractivity contribution in [2.75, 3.05) is 6.16 Å². The van der Waals surface area contributed by atoms with Crippen molar-refractivity contribution in [3.63, 3.8) is 0 Å². The maximum Gasteiger partial charge on any atom is 0.321 e. The molecule has 0 amide bonds. The zero-order chi connectivity index (χ0) is 55.7. The lowest BCUT2D eigenvalue weighted by molar-refractivity contribution is 0.475. The maximum absolute atomic E-state index is 9.70. The molecule has 2 unspecified atom stereocenters. The molecule has 2 N–H and O–H groups in total. The highest BCUT2D eigenvalue weighted by Crippen LogP contribution is 2.64. The molecule has 404 valence electrons. The normalized spacial score (nSPS) is 13.3. The fraction of sp³-hybridized carbons (Fsp3) is 0.246. The number of nitrogens with zero attached hydrogens (tertiary/aromatic N) is 1. The first-order valence-electron chi connectivity index (χ1n) is 27.2. The number of nitrogens with one attached hydrogen (secondary N) is 2. The highest BCUT2D eigenvalue weighted by atomic mass is 31.2. The van der Waals surface area contributed by atoms with Gasteiger partial charge in [0.25, 0.3) is 7.43 Å². The van der Waals surface area contributed by atoms with Gasteiger partial charge in [0.15, 0.2) is 0 Å². The van der Waals surface area contributed by atoms with Gasteiger partial charge in [-0.2, -0.15) is 4.52 Å². The van der Waals surface area contributed by atoms with Gasteiger partial charge >= 0.3 is 7.51 Å². The van der Waals surface area contributed by atoms with Crippen LogP contribution in [0.3, 0.4) is 0 Å². The molecule has 0 aromatic heterocycles. The van der Waals surface area contributed by atoms with Crippen molar-refractivity contribution in [3.05, 3.63) is 293 Å². The molecule has 0 bridgehead atoms. The second-order valence-electron chi connectivity index (χ2n) is 20.5. The van der Waals surface area contributed by atoms with Crippen molar-refractivity contribution >= 4 is 23.3 Å². The Morgan fingerprint density at radius 1 is 0.462 bits per heavy atom. The number of allylic oxidation sites excluding steroid dienone is 4. The minimum Gasteiger partial charge on any atom is -0.441 e. The first-order chi connectivity index (χ1) is 37.7. The third-order valence-corrected chi connectivity index (χ3v) is 19.4. The summed E-state index contributed by atoms with van der Waals surface area (Å²) in [7, 11) is -5.61. The molecule has 9 rings (SSSR count). The minimum absolute atomic E-state index is 0.0679. The van der Waals surface area contributed by atoms with Gasteiger partial charge in [0.1, 0.15) is 17.2 Å². The van der Waals surface area contributed by atoms with Gasteiger partial charge in [0.05, 0.1) is 12.3 Å². The van der Waals surface area contributed by atoms with E-state index in [2.05, 4.69) is 158 Å². The molecule has 8 aromatic rings. The maximum atomic E-state index is 9.70. The van der Waals surface area contributed by atoms with Crippen LogP contribution in [0.15, 0.2) is 247 Å². The standard InChI is InChI=1S/C37H40N2O3P2.C19H24.C7H8NP.C6H8/c1-5-44(41-35-19-13-8-14-20-35,39-43(38,29-31-15-9-6-10-16-31)40-34-17-11-7-12-18-34)42-36-27-25-33(26-28-36)37(3,4)32-23-21-30(2)22-24-32;1-5-6-16-9-13-18(14-10-16)19(3,4)17-11-7-15(2)8-12-17;8-9-6-7-4-2-1-3-5-7;1-2-4-6-5-3-1/h6-28,38H,5,29H2,1-4H3;7-14H,5-6H2,1-4H3;1-5,8H,6H2;1-4H,5-6H2. The highest BCUT2D eigenvalue weighted by molar-refractivity contribution is 7.69. The van der Waals surface area contributed by atoms with Crippen molar-refractivity contribution < 1.29 is 13.6 Å². The van der Waals surface area contributed by atoms with Crippen LogP contribution in [0.2, 0.25) is 0 Å². The van der Waals surface area contributed by atoms with E-state index in [1.807, 2.05) is 140 Å². The van der Waals surface area contributed by atoms with Crippen LogP contribution in [0.25, 0.3) is 0 Å². The molecule has 1 aliphatic rings. The van der Waals surface area contributed by atoms with E-state index in [4.69, 9.17) is 23.2 Å². The van der Waals surface area contributed by atoms with Crippen LogP contribution in [-0.2, 0) is 29.6 Å². The first kappa shape index (κ1) is 60.4. The Bertz CT molecular complexity index is 3120. The molecule has 0 heterocycles. The van der Waals surface area contributed by atoms with E-state index in [9.17, 15) is 5.16 Å². The summed E-state index contributed by atoms with van der Waals surface area (Å²) in [5.41, 5.74) is 11.3. The summed E-state index contributed by atoms with van der Waals surface area (Å²) >= 11 is 0. The number of aryl methyl sites for hydroxylation is 3. The van der Waals surface area contributed by atoms with Gasteiger partial charge in [-0.05, 0) is 108 Å². The molecule has 0 spiro atoms. The zero-order valence-corrected chi connectivity index (χ0v) is 49.7. The van der Waals surface area contributed by atoms with Crippen molar-refractivity contribution in [2.24, 2.45) is 4.52 Å². The molecule has 0 radical (unpaired) electrons. The molecule has 2 atom stereocenters. The van der Waals surface area contributed by atoms with E-state index in [0.717, 1.165) is 11.7 Å². The zero-order valence-electron chi connectivity index (χ0n) is 47.1. The molecule has 6 nitrogen and oxygen atoms in total. The lowest BCUT2D eigenvalue weighted by Crippen LogP contribution is -2.18. The van der Waals surface area contributed by atoms with Crippen molar-refractivity contribution in [3.8, 4) is 17.2 Å². The summed E-state index contributed by atoms with van der Waals surface area (Å²) < 4.78 is 25.0. The average Bonchev–Trinajstić information content (AvgIpc) is 3.46. The van der Waals surface area contributed by atoms with E-state index in [1.54, 1.807) is 0 Å². The van der Waals surface area contributed by atoms with Crippen LogP contribution in [0, 0.1) is 24.2 Å². The van der Waals surface area contributed by atoms with E-state index in [0.29, 0.717) is 37.9 Å². The molecule has 0 saturated carbocycles. The Hall–Kier alpha value is -6.80. The summed E-state index contributed by atoms with van der Waals surface area (Å²) in [6, 6.07) is 73.9. The van der Waals surface area contributed by atoms with E-state index >= 15 is 0 Å². The van der Waals surface area contributed by atoms with Crippen molar-refractivity contribution in [1.82, 2.24) is 0 Å². The molecule has 9 heteroatoms. The molecular formula is C69H80N3O3P3. The Kier molecular flexibility index (Phi) is 23.5. The number of benzene rings is 8. The fourth-order valence-electron chi connectivity index (χ4n) is 8.65. The van der Waals surface area contributed by atoms with Gasteiger partial charge < -0.3 is 13.6 Å². The smallest absolute Gasteiger partial charge is 0.321 e. The number of hydrogen-bond donors (Lipinski definition) is 2. The molecular weight excluding hydrogens is 1010 g/mol. The van der Waals surface area contributed by atoms with Gasteiger partial charge in [0, 0.05) is 25.4 Å². The van der Waals surface area contributed by atoms with Crippen LogP contribution in [0.4, 0.5) is 0 Å². The summed E-state index contributed by atoms with van der Waals surface area (Å²) in [5.74, 6) is 1.90. The Morgan fingerprint density at radius 3 is 1.22 bits per heavy atom. The van der Waals surface area contributed by atoms with Crippen LogP contribution >= 0.6 is 23.3 Å². The number of rotatable bonds is 18. The Labute approximate surface area is 469 Å². The minimum atomic E-state index is -3.23. The number of para-hydroxylation sites is 2. The Morgan fingerprint density at radius 2 is 0.833 bits per heavy atom. The molecule has 0 aliphatic heterocycles. The molecule has 78 heavy (non-hydrogen) atoms. The van der Waals surface area contributed by atoms with Gasteiger partial charge in [-0.1, -0.05) is 265 Å². The summed E-state index contributed by atoms with van der Waals surface area (Å²) in [4.78, 5) is 0. The lowest BCUT2D eigenvalue weighted by Gasteiger charge is -2.29. The monoisotopic (exact) mass is 1090 g/mol. The van der Waals surface area contributed by atoms with Crippen molar-refractivity contribution in [1.29, 1.82) is 10.3 Å². The topological polar surface area (TPSA) is 87.8 Å². The quantitative estimate of drug-likeness (QED) is 0.0839. The first-order valence-corrected chi connectivity index (χ1v) is 31.9. The lowest BCUT2D eigenvalue weighted by atomic mass is 9.77. The molecule has 0 fully saturated rings. The van der Waals surface area contributed by atoms with Gasteiger partial charge in [-0.15, -0.1) is 0 Å².